The second kappa shape index (κ2) is 12.2. The first-order chi connectivity index (χ1) is 18.1. The van der Waals surface area contributed by atoms with Gasteiger partial charge in [0.2, 0.25) is 11.6 Å². The van der Waals surface area contributed by atoms with Crippen LogP contribution in [0, 0.1) is 0 Å². The summed E-state index contributed by atoms with van der Waals surface area (Å²) in [7, 11) is 3.05. The van der Waals surface area contributed by atoms with Crippen LogP contribution in [0.1, 0.15) is 10.4 Å². The maximum atomic E-state index is 12.8. The van der Waals surface area contributed by atoms with Gasteiger partial charge < -0.3 is 29.0 Å². The third kappa shape index (κ3) is 6.68. The molecule has 0 bridgehead atoms. The zero-order chi connectivity index (χ0) is 27.9. The standard InChI is InChI=1S/C23H25N5O8S2/c1-32-16-10-13(11-17(33-2)20(16)35-4)21(29)27-23(37)24-14-6-8-15(9-7-14)38(30,31)28-18-12-19(34-3)26-22(25-18)36-5/h6-12H,1-5H3,(H,25,26,28)(H2,24,27,29,37). The molecule has 0 unspecified atom stereocenters. The molecule has 3 rings (SSSR count). The highest BCUT2D eigenvalue weighted by atomic mass is 32.2. The van der Waals surface area contributed by atoms with Crippen LogP contribution in [0.25, 0.3) is 0 Å². The van der Waals surface area contributed by atoms with Gasteiger partial charge in [0, 0.05) is 17.3 Å². The lowest BCUT2D eigenvalue weighted by Crippen LogP contribution is -2.34. The summed E-state index contributed by atoms with van der Waals surface area (Å²) >= 11 is 5.22. The molecule has 0 saturated carbocycles. The first kappa shape index (κ1) is 28.2. The Morgan fingerprint density at radius 1 is 0.842 bits per heavy atom. The lowest BCUT2D eigenvalue weighted by molar-refractivity contribution is 0.0977. The fraction of sp³-hybridized carbons (Fsp3) is 0.217. The summed E-state index contributed by atoms with van der Waals surface area (Å²) in [6.45, 7) is 0. The summed E-state index contributed by atoms with van der Waals surface area (Å²) in [4.78, 5) is 20.5. The number of rotatable bonds is 10. The lowest BCUT2D eigenvalue weighted by Gasteiger charge is -2.15. The Bertz CT molecular complexity index is 1380. The average molecular weight is 564 g/mol. The molecule has 0 aliphatic carbocycles. The molecule has 0 aliphatic heterocycles. The topological polar surface area (TPSA) is 159 Å². The lowest BCUT2D eigenvalue weighted by atomic mass is 10.1. The number of sulfonamides is 1. The number of methoxy groups -OCH3 is 5. The number of nitrogens with zero attached hydrogens (tertiary/aromatic N) is 2. The van der Waals surface area contributed by atoms with Crippen molar-refractivity contribution < 1.29 is 36.9 Å². The van der Waals surface area contributed by atoms with E-state index in [0.29, 0.717) is 22.9 Å². The van der Waals surface area contributed by atoms with Gasteiger partial charge >= 0.3 is 6.01 Å². The van der Waals surface area contributed by atoms with E-state index in [1.54, 1.807) is 0 Å². The van der Waals surface area contributed by atoms with Crippen molar-refractivity contribution in [3.63, 3.8) is 0 Å². The number of nitrogens with one attached hydrogen (secondary N) is 3. The van der Waals surface area contributed by atoms with Gasteiger partial charge in [-0.1, -0.05) is 0 Å². The van der Waals surface area contributed by atoms with E-state index < -0.39 is 15.9 Å². The Morgan fingerprint density at radius 2 is 1.47 bits per heavy atom. The molecule has 0 spiro atoms. The summed E-state index contributed by atoms with van der Waals surface area (Å²) in [5, 5.41) is 5.35. The number of ether oxygens (including phenoxy) is 5. The molecule has 0 fully saturated rings. The third-order valence-electron chi connectivity index (χ3n) is 4.89. The quantitative estimate of drug-likeness (QED) is 0.310. The van der Waals surface area contributed by atoms with Crippen LogP contribution in [0.15, 0.2) is 47.4 Å². The molecule has 1 amide bonds. The van der Waals surface area contributed by atoms with Crippen molar-refractivity contribution in [3.05, 3.63) is 48.0 Å². The monoisotopic (exact) mass is 563 g/mol. The number of carbonyl (C=O) groups is 1. The average Bonchev–Trinajstić information content (AvgIpc) is 2.91. The highest BCUT2D eigenvalue weighted by Gasteiger charge is 2.19. The van der Waals surface area contributed by atoms with E-state index in [1.165, 1.54) is 78.0 Å². The largest absolute Gasteiger partial charge is 0.493 e. The van der Waals surface area contributed by atoms with Gasteiger partial charge in [0.1, 0.15) is 0 Å². The van der Waals surface area contributed by atoms with E-state index in [-0.39, 0.29) is 33.3 Å². The number of amides is 1. The number of anilines is 2. The molecule has 38 heavy (non-hydrogen) atoms. The molecule has 0 saturated heterocycles. The number of hydrogen-bond acceptors (Lipinski definition) is 11. The fourth-order valence-corrected chi connectivity index (χ4v) is 4.32. The highest BCUT2D eigenvalue weighted by molar-refractivity contribution is 7.92. The van der Waals surface area contributed by atoms with Crippen LogP contribution < -0.4 is 39.0 Å². The first-order valence-electron chi connectivity index (χ1n) is 10.7. The Labute approximate surface area is 224 Å². The fourth-order valence-electron chi connectivity index (χ4n) is 3.12. The second-order valence-electron chi connectivity index (χ2n) is 7.23. The zero-order valence-electron chi connectivity index (χ0n) is 21.0. The van der Waals surface area contributed by atoms with Crippen molar-refractivity contribution >= 4 is 44.8 Å². The van der Waals surface area contributed by atoms with E-state index in [0.717, 1.165) is 0 Å². The van der Waals surface area contributed by atoms with Crippen molar-refractivity contribution in [3.8, 4) is 29.1 Å². The Balaban J connectivity index is 1.69. The van der Waals surface area contributed by atoms with E-state index in [2.05, 4.69) is 25.3 Å². The Kier molecular flexibility index (Phi) is 9.09. The summed E-state index contributed by atoms with van der Waals surface area (Å²) in [5.41, 5.74) is 0.652. The van der Waals surface area contributed by atoms with Gasteiger partial charge in [-0.3, -0.25) is 14.8 Å². The minimum atomic E-state index is -4.00. The smallest absolute Gasteiger partial charge is 0.321 e. The summed E-state index contributed by atoms with van der Waals surface area (Å²) < 4.78 is 53.7. The van der Waals surface area contributed by atoms with Gasteiger partial charge in [0.15, 0.2) is 22.4 Å². The first-order valence-corrected chi connectivity index (χ1v) is 12.6. The van der Waals surface area contributed by atoms with Crippen molar-refractivity contribution in [2.75, 3.05) is 45.6 Å². The number of aromatic nitrogens is 2. The molecule has 1 aromatic heterocycles. The molecule has 202 valence electrons. The van der Waals surface area contributed by atoms with Crippen LogP contribution in [0.4, 0.5) is 11.5 Å². The van der Waals surface area contributed by atoms with Gasteiger partial charge in [-0.2, -0.15) is 9.97 Å². The second-order valence-corrected chi connectivity index (χ2v) is 9.33. The van der Waals surface area contributed by atoms with Crippen LogP contribution in [0.3, 0.4) is 0 Å². The number of thiocarbonyl (C=S) groups is 1. The van der Waals surface area contributed by atoms with Crippen molar-refractivity contribution in [1.82, 2.24) is 15.3 Å². The zero-order valence-corrected chi connectivity index (χ0v) is 22.7. The summed E-state index contributed by atoms with van der Waals surface area (Å²) in [5.74, 6) is 0.513. The highest BCUT2D eigenvalue weighted by Crippen LogP contribution is 2.38. The molecule has 3 aromatic rings. The number of carbonyl (C=O) groups excluding carboxylic acids is 1. The molecule has 15 heteroatoms. The summed E-state index contributed by atoms with van der Waals surface area (Å²) in [6, 6.07) is 9.87. The minimum absolute atomic E-state index is 0.0161. The van der Waals surface area contributed by atoms with Gasteiger partial charge in [0.25, 0.3) is 15.9 Å². The number of benzene rings is 2. The van der Waals surface area contributed by atoms with Gasteiger partial charge in [-0.05, 0) is 48.6 Å². The minimum Gasteiger partial charge on any atom is -0.493 e. The molecule has 0 aliphatic rings. The maximum absolute atomic E-state index is 12.8. The SMILES string of the molecule is COc1cc(NS(=O)(=O)c2ccc(NC(=S)NC(=O)c3cc(OC)c(OC)c(OC)c3)cc2)nc(OC)n1. The molecule has 13 nitrogen and oxygen atoms in total. The Hall–Kier alpha value is -4.37. The van der Waals surface area contributed by atoms with E-state index in [9.17, 15) is 13.2 Å². The predicted molar refractivity (Wildman–Crippen MR) is 142 cm³/mol. The molecular formula is C23H25N5O8S2. The third-order valence-corrected chi connectivity index (χ3v) is 6.46. The van der Waals surface area contributed by atoms with Crippen molar-refractivity contribution in [2.45, 2.75) is 4.90 Å². The van der Waals surface area contributed by atoms with Crippen LogP contribution in [0.2, 0.25) is 0 Å². The van der Waals surface area contributed by atoms with E-state index >= 15 is 0 Å². The van der Waals surface area contributed by atoms with Gasteiger partial charge in [0.05, 0.1) is 40.4 Å². The van der Waals surface area contributed by atoms with Crippen molar-refractivity contribution in [2.24, 2.45) is 0 Å². The number of hydrogen-bond donors (Lipinski definition) is 3. The molecule has 3 N–H and O–H groups in total. The van der Waals surface area contributed by atoms with Crippen LogP contribution in [-0.2, 0) is 10.0 Å². The predicted octanol–water partition coefficient (Wildman–Crippen LogP) is 2.45. The molecule has 1 heterocycles. The Morgan fingerprint density at radius 3 is 2.00 bits per heavy atom. The van der Waals surface area contributed by atoms with Crippen LogP contribution in [0.5, 0.6) is 29.1 Å². The van der Waals surface area contributed by atoms with Gasteiger partial charge in [-0.15, -0.1) is 0 Å². The van der Waals surface area contributed by atoms with E-state index in [1.807, 2.05) is 0 Å². The molecule has 0 radical (unpaired) electrons. The summed E-state index contributed by atoms with van der Waals surface area (Å²) in [6.07, 6.45) is 0. The van der Waals surface area contributed by atoms with Gasteiger partial charge in [-0.25, -0.2) is 8.42 Å². The molecular weight excluding hydrogens is 538 g/mol. The van der Waals surface area contributed by atoms with E-state index in [4.69, 9.17) is 35.9 Å². The molecule has 2 aromatic carbocycles. The van der Waals surface area contributed by atoms with Crippen molar-refractivity contribution in [1.29, 1.82) is 0 Å². The molecule has 0 atom stereocenters. The maximum Gasteiger partial charge on any atom is 0.321 e. The van der Waals surface area contributed by atoms with Crippen LogP contribution in [-0.4, -0.2) is 65.0 Å². The normalized spacial score (nSPS) is 10.7. The van der Waals surface area contributed by atoms with Crippen LogP contribution >= 0.6 is 12.2 Å².